The minimum absolute atomic E-state index is 0.0609. The first kappa shape index (κ1) is 11.0. The molecule has 0 saturated carbocycles. The van der Waals surface area contributed by atoms with Gasteiger partial charge in [-0.1, -0.05) is 28.1 Å². The molecule has 1 amide bonds. The van der Waals surface area contributed by atoms with Gasteiger partial charge in [0.25, 0.3) is 5.91 Å². The van der Waals surface area contributed by atoms with Crippen LogP contribution in [-0.2, 0) is 0 Å². The molecule has 0 unspecified atom stereocenters. The maximum absolute atomic E-state index is 11.3. The van der Waals surface area contributed by atoms with Gasteiger partial charge in [-0.2, -0.15) is 0 Å². The zero-order valence-electron chi connectivity index (χ0n) is 8.17. The van der Waals surface area contributed by atoms with E-state index in [9.17, 15) is 4.79 Å². The summed E-state index contributed by atoms with van der Waals surface area (Å²) in [7, 11) is 1.63. The van der Waals surface area contributed by atoms with Crippen molar-refractivity contribution in [1.29, 1.82) is 0 Å². The number of nitrogens with one attached hydrogen (secondary N) is 1. The molecule has 0 aliphatic heterocycles. The van der Waals surface area contributed by atoms with Gasteiger partial charge in [-0.25, -0.2) is 0 Å². The van der Waals surface area contributed by atoms with Crippen molar-refractivity contribution in [2.75, 3.05) is 7.05 Å². The number of carbonyl (C=O) groups excluding carboxylic acids is 1. The molecule has 3 heteroatoms. The van der Waals surface area contributed by atoms with Gasteiger partial charge >= 0.3 is 0 Å². The fourth-order valence-electron chi connectivity index (χ4n) is 1.11. The highest BCUT2D eigenvalue weighted by Crippen LogP contribution is 2.16. The van der Waals surface area contributed by atoms with Crippen molar-refractivity contribution in [3.8, 4) is 0 Å². The second-order valence-electron chi connectivity index (χ2n) is 2.95. The maximum atomic E-state index is 11.3. The smallest absolute Gasteiger partial charge is 0.251 e. The van der Waals surface area contributed by atoms with Crippen LogP contribution in [0, 0.1) is 0 Å². The Hall–Kier alpha value is -1.09. The van der Waals surface area contributed by atoms with Crippen molar-refractivity contribution >= 4 is 27.4 Å². The normalized spacial score (nSPS) is 11.2. The lowest BCUT2D eigenvalue weighted by Crippen LogP contribution is -2.17. The lowest BCUT2D eigenvalue weighted by Gasteiger charge is -2.03. The quantitative estimate of drug-likeness (QED) is 0.863. The van der Waals surface area contributed by atoms with E-state index in [1.807, 2.05) is 30.1 Å². The minimum atomic E-state index is -0.0609. The summed E-state index contributed by atoms with van der Waals surface area (Å²) in [6.45, 7) is 1.98. The molecule has 0 spiro atoms. The van der Waals surface area contributed by atoms with Crippen molar-refractivity contribution in [3.05, 3.63) is 40.4 Å². The molecule has 0 heterocycles. The van der Waals surface area contributed by atoms with Crippen molar-refractivity contribution < 1.29 is 4.79 Å². The van der Waals surface area contributed by atoms with E-state index in [1.165, 1.54) is 0 Å². The average molecular weight is 254 g/mol. The topological polar surface area (TPSA) is 29.1 Å². The predicted octanol–water partition coefficient (Wildman–Crippen LogP) is 2.80. The molecule has 1 aromatic carbocycles. The molecule has 0 radical (unpaired) electrons. The molecule has 2 nitrogen and oxygen atoms in total. The zero-order valence-corrected chi connectivity index (χ0v) is 9.76. The summed E-state index contributed by atoms with van der Waals surface area (Å²) in [5.41, 5.74) is 2.82. The van der Waals surface area contributed by atoms with Crippen molar-refractivity contribution in [2.45, 2.75) is 6.92 Å². The van der Waals surface area contributed by atoms with Crippen molar-refractivity contribution in [3.63, 3.8) is 0 Å². The van der Waals surface area contributed by atoms with Crippen LogP contribution in [0.2, 0.25) is 0 Å². The average Bonchev–Trinajstić information content (AvgIpc) is 2.27. The Balaban J connectivity index is 3.07. The molecular formula is C11H12BrNO. The van der Waals surface area contributed by atoms with Gasteiger partial charge < -0.3 is 5.32 Å². The SMILES string of the molecule is CNC(=O)c1cccc(C(C)=CBr)c1. The molecule has 1 aromatic rings. The van der Waals surface area contributed by atoms with Crippen LogP contribution in [0.5, 0.6) is 0 Å². The first-order valence-corrected chi connectivity index (χ1v) is 5.20. The predicted molar refractivity (Wildman–Crippen MR) is 62.4 cm³/mol. The molecule has 0 bridgehead atoms. The number of carbonyl (C=O) groups is 1. The Morgan fingerprint density at radius 1 is 1.43 bits per heavy atom. The van der Waals surface area contributed by atoms with Gasteiger partial charge in [-0.05, 0) is 35.2 Å². The summed E-state index contributed by atoms with van der Waals surface area (Å²) < 4.78 is 0. The molecular weight excluding hydrogens is 242 g/mol. The van der Waals surface area contributed by atoms with Gasteiger partial charge in [0, 0.05) is 12.6 Å². The summed E-state index contributed by atoms with van der Waals surface area (Å²) in [6.07, 6.45) is 0. The molecule has 14 heavy (non-hydrogen) atoms. The third kappa shape index (κ3) is 2.45. The van der Waals surface area contributed by atoms with Gasteiger partial charge in [0.1, 0.15) is 0 Å². The van der Waals surface area contributed by atoms with E-state index in [0.717, 1.165) is 11.1 Å². The van der Waals surface area contributed by atoms with Crippen LogP contribution in [0.15, 0.2) is 29.3 Å². The molecule has 1 N–H and O–H groups in total. The first-order valence-electron chi connectivity index (χ1n) is 4.28. The Kier molecular flexibility index (Phi) is 3.89. The highest BCUT2D eigenvalue weighted by molar-refractivity contribution is 9.11. The van der Waals surface area contributed by atoms with Crippen LogP contribution in [0.4, 0.5) is 0 Å². The maximum Gasteiger partial charge on any atom is 0.251 e. The summed E-state index contributed by atoms with van der Waals surface area (Å²) in [5, 5.41) is 2.60. The number of hydrogen-bond acceptors (Lipinski definition) is 1. The van der Waals surface area contributed by atoms with Crippen LogP contribution >= 0.6 is 15.9 Å². The molecule has 74 valence electrons. The van der Waals surface area contributed by atoms with E-state index in [2.05, 4.69) is 21.2 Å². The fraction of sp³-hybridized carbons (Fsp3) is 0.182. The van der Waals surface area contributed by atoms with E-state index in [0.29, 0.717) is 5.56 Å². The van der Waals surface area contributed by atoms with Gasteiger partial charge in [-0.3, -0.25) is 4.79 Å². The van der Waals surface area contributed by atoms with Crippen molar-refractivity contribution in [1.82, 2.24) is 5.32 Å². The van der Waals surface area contributed by atoms with Crippen LogP contribution in [0.25, 0.3) is 5.57 Å². The Labute approximate surface area is 92.1 Å². The summed E-state index contributed by atoms with van der Waals surface area (Å²) in [4.78, 5) is 13.2. The first-order chi connectivity index (χ1) is 6.69. The summed E-state index contributed by atoms with van der Waals surface area (Å²) in [6, 6.07) is 7.51. The molecule has 1 rings (SSSR count). The van der Waals surface area contributed by atoms with E-state index in [1.54, 1.807) is 13.1 Å². The summed E-state index contributed by atoms with van der Waals surface area (Å²) >= 11 is 3.27. The molecule has 0 saturated heterocycles. The van der Waals surface area contributed by atoms with Gasteiger partial charge in [0.05, 0.1) is 0 Å². The molecule has 0 aromatic heterocycles. The van der Waals surface area contributed by atoms with Crippen LogP contribution < -0.4 is 5.32 Å². The van der Waals surface area contributed by atoms with Crippen LogP contribution in [0.1, 0.15) is 22.8 Å². The zero-order chi connectivity index (χ0) is 10.6. The number of rotatable bonds is 2. The molecule has 0 aliphatic carbocycles. The Bertz CT molecular complexity index is 371. The number of allylic oxidation sites excluding steroid dienone is 1. The monoisotopic (exact) mass is 253 g/mol. The van der Waals surface area contributed by atoms with Crippen LogP contribution in [0.3, 0.4) is 0 Å². The Morgan fingerprint density at radius 2 is 2.07 bits per heavy atom. The highest BCUT2D eigenvalue weighted by atomic mass is 79.9. The van der Waals surface area contributed by atoms with Gasteiger partial charge in [-0.15, -0.1) is 0 Å². The minimum Gasteiger partial charge on any atom is -0.355 e. The molecule has 0 aliphatic rings. The van der Waals surface area contributed by atoms with Crippen LogP contribution in [-0.4, -0.2) is 13.0 Å². The molecule has 0 fully saturated rings. The number of halogens is 1. The van der Waals surface area contributed by atoms with E-state index >= 15 is 0 Å². The number of hydrogen-bond donors (Lipinski definition) is 1. The second-order valence-corrected chi connectivity index (χ2v) is 3.41. The highest BCUT2D eigenvalue weighted by Gasteiger charge is 2.03. The summed E-state index contributed by atoms with van der Waals surface area (Å²) in [5.74, 6) is -0.0609. The third-order valence-electron chi connectivity index (χ3n) is 1.97. The lowest BCUT2D eigenvalue weighted by molar-refractivity contribution is 0.0963. The van der Waals surface area contributed by atoms with Gasteiger partial charge in [0.15, 0.2) is 0 Å². The Morgan fingerprint density at radius 3 is 2.64 bits per heavy atom. The van der Waals surface area contributed by atoms with Gasteiger partial charge in [0.2, 0.25) is 0 Å². The van der Waals surface area contributed by atoms with E-state index < -0.39 is 0 Å². The standard InChI is InChI=1S/C11H12BrNO/c1-8(7-12)9-4-3-5-10(6-9)11(14)13-2/h3-7H,1-2H3,(H,13,14). The molecule has 0 atom stereocenters. The largest absolute Gasteiger partial charge is 0.355 e. The number of amides is 1. The van der Waals surface area contributed by atoms with Crippen molar-refractivity contribution in [2.24, 2.45) is 0 Å². The third-order valence-corrected chi connectivity index (χ3v) is 2.66. The number of benzene rings is 1. The second kappa shape index (κ2) is 4.96. The van der Waals surface area contributed by atoms with E-state index in [4.69, 9.17) is 0 Å². The van der Waals surface area contributed by atoms with E-state index in [-0.39, 0.29) is 5.91 Å². The fourth-order valence-corrected chi connectivity index (χ4v) is 1.38. The lowest BCUT2D eigenvalue weighted by atomic mass is 10.1.